The summed E-state index contributed by atoms with van der Waals surface area (Å²) in [6.07, 6.45) is 1.52. The number of hydrogen-bond donors (Lipinski definition) is 1. The highest BCUT2D eigenvalue weighted by molar-refractivity contribution is 9.10. The summed E-state index contributed by atoms with van der Waals surface area (Å²) < 4.78 is 11.3. The van der Waals surface area contributed by atoms with Gasteiger partial charge in [-0.15, -0.1) is 0 Å². The zero-order valence-corrected chi connectivity index (χ0v) is 14.6. The third-order valence-electron chi connectivity index (χ3n) is 2.78. The number of rotatable bonds is 6. The molecule has 0 saturated heterocycles. The van der Waals surface area contributed by atoms with Crippen molar-refractivity contribution >= 4 is 39.7 Å². The molecule has 120 valence electrons. The van der Waals surface area contributed by atoms with Gasteiger partial charge in [-0.2, -0.15) is 5.10 Å². The average Bonchev–Trinajstić information content (AvgIpc) is 2.56. The van der Waals surface area contributed by atoms with Crippen LogP contribution in [0.2, 0.25) is 5.02 Å². The third-order valence-corrected chi connectivity index (χ3v) is 3.75. The molecule has 0 aliphatic heterocycles. The molecule has 0 aliphatic rings. The summed E-state index contributed by atoms with van der Waals surface area (Å²) in [7, 11) is 1.58. The Morgan fingerprint density at radius 2 is 1.96 bits per heavy atom. The maximum absolute atomic E-state index is 11.7. The minimum atomic E-state index is -0.366. The van der Waals surface area contributed by atoms with Crippen molar-refractivity contribution in [3.63, 3.8) is 0 Å². The van der Waals surface area contributed by atoms with Crippen LogP contribution in [-0.4, -0.2) is 25.8 Å². The quantitative estimate of drug-likeness (QED) is 0.598. The topological polar surface area (TPSA) is 59.9 Å². The minimum Gasteiger partial charge on any atom is -0.497 e. The fraction of sp³-hybridized carbons (Fsp3) is 0.125. The monoisotopic (exact) mass is 396 g/mol. The lowest BCUT2D eigenvalue weighted by atomic mass is 10.2. The van der Waals surface area contributed by atoms with Crippen LogP contribution in [-0.2, 0) is 4.79 Å². The molecule has 5 nitrogen and oxygen atoms in total. The van der Waals surface area contributed by atoms with Crippen LogP contribution in [0.5, 0.6) is 11.5 Å². The van der Waals surface area contributed by atoms with E-state index in [-0.39, 0.29) is 12.5 Å². The number of methoxy groups -OCH3 is 1. The summed E-state index contributed by atoms with van der Waals surface area (Å²) in [4.78, 5) is 11.7. The van der Waals surface area contributed by atoms with Crippen LogP contribution in [0, 0.1) is 0 Å². The van der Waals surface area contributed by atoms with E-state index in [2.05, 4.69) is 26.5 Å². The lowest BCUT2D eigenvalue weighted by molar-refractivity contribution is -0.123. The SMILES string of the molecule is COc1ccc(Br)c(/C=N\NC(=O)COc2ccc(Cl)cc2)c1. The van der Waals surface area contributed by atoms with Gasteiger partial charge in [0, 0.05) is 15.1 Å². The van der Waals surface area contributed by atoms with Crippen LogP contribution in [0.4, 0.5) is 0 Å². The summed E-state index contributed by atoms with van der Waals surface area (Å²) >= 11 is 9.17. The van der Waals surface area contributed by atoms with Crippen molar-refractivity contribution in [2.75, 3.05) is 13.7 Å². The molecule has 0 aliphatic carbocycles. The van der Waals surface area contributed by atoms with E-state index in [1.807, 2.05) is 12.1 Å². The molecule has 0 aromatic heterocycles. The number of carbonyl (C=O) groups is 1. The number of carbonyl (C=O) groups excluding carboxylic acids is 1. The van der Waals surface area contributed by atoms with Crippen LogP contribution in [0.1, 0.15) is 5.56 Å². The number of nitrogens with one attached hydrogen (secondary N) is 1. The van der Waals surface area contributed by atoms with E-state index >= 15 is 0 Å². The fourth-order valence-corrected chi connectivity index (χ4v) is 2.11. The minimum absolute atomic E-state index is 0.141. The van der Waals surface area contributed by atoms with Gasteiger partial charge in [-0.05, 0) is 42.5 Å². The Kier molecular flexibility index (Phi) is 6.43. The zero-order valence-electron chi connectivity index (χ0n) is 12.3. The van der Waals surface area contributed by atoms with E-state index in [0.717, 1.165) is 10.0 Å². The normalized spacial score (nSPS) is 10.6. The number of nitrogens with zero attached hydrogens (tertiary/aromatic N) is 1. The molecular formula is C16H14BrClN2O3. The summed E-state index contributed by atoms with van der Waals surface area (Å²) in [5.41, 5.74) is 3.18. The van der Waals surface area contributed by atoms with Crippen molar-refractivity contribution in [2.45, 2.75) is 0 Å². The molecule has 2 rings (SSSR count). The highest BCUT2D eigenvalue weighted by Crippen LogP contribution is 2.20. The molecule has 0 radical (unpaired) electrons. The van der Waals surface area contributed by atoms with Gasteiger partial charge >= 0.3 is 0 Å². The van der Waals surface area contributed by atoms with E-state index in [4.69, 9.17) is 21.1 Å². The zero-order chi connectivity index (χ0) is 16.7. The maximum Gasteiger partial charge on any atom is 0.277 e. The molecule has 1 amide bonds. The summed E-state index contributed by atoms with van der Waals surface area (Å²) in [6, 6.07) is 12.2. The Morgan fingerprint density at radius 1 is 1.26 bits per heavy atom. The lowest BCUT2D eigenvalue weighted by Gasteiger charge is -2.05. The molecule has 23 heavy (non-hydrogen) atoms. The molecule has 1 N–H and O–H groups in total. The molecule has 0 atom stereocenters. The highest BCUT2D eigenvalue weighted by Gasteiger charge is 2.02. The van der Waals surface area contributed by atoms with Crippen molar-refractivity contribution in [2.24, 2.45) is 5.10 Å². The van der Waals surface area contributed by atoms with Gasteiger partial charge in [0.05, 0.1) is 13.3 Å². The Hall–Kier alpha value is -2.05. The van der Waals surface area contributed by atoms with Gasteiger partial charge in [-0.25, -0.2) is 5.43 Å². The lowest BCUT2D eigenvalue weighted by Crippen LogP contribution is -2.24. The van der Waals surface area contributed by atoms with Gasteiger partial charge in [-0.3, -0.25) is 4.79 Å². The van der Waals surface area contributed by atoms with E-state index in [1.165, 1.54) is 6.21 Å². The highest BCUT2D eigenvalue weighted by atomic mass is 79.9. The molecule has 0 saturated carbocycles. The number of amides is 1. The summed E-state index contributed by atoms with van der Waals surface area (Å²) in [5.74, 6) is 0.895. The molecule has 0 fully saturated rings. The number of hydrogen-bond acceptors (Lipinski definition) is 4. The molecule has 0 spiro atoms. The Balaban J connectivity index is 1.85. The number of benzene rings is 2. The standard InChI is InChI=1S/C16H14BrClN2O3/c1-22-14-6-7-15(17)11(8-14)9-19-20-16(21)10-23-13-4-2-12(18)3-5-13/h2-9H,10H2,1H3,(H,20,21)/b19-9-. The fourth-order valence-electron chi connectivity index (χ4n) is 1.63. The number of ether oxygens (including phenoxy) is 2. The summed E-state index contributed by atoms with van der Waals surface area (Å²) in [5, 5.41) is 4.50. The van der Waals surface area contributed by atoms with Gasteiger partial charge < -0.3 is 9.47 Å². The molecule has 2 aromatic carbocycles. The average molecular weight is 398 g/mol. The van der Waals surface area contributed by atoms with Gasteiger partial charge in [0.1, 0.15) is 11.5 Å². The first kappa shape index (κ1) is 17.3. The Labute approximate surface area is 147 Å². The summed E-state index contributed by atoms with van der Waals surface area (Å²) in [6.45, 7) is -0.141. The first-order chi connectivity index (χ1) is 11.1. The third kappa shape index (κ3) is 5.58. The van der Waals surface area contributed by atoms with Gasteiger partial charge in [0.15, 0.2) is 6.61 Å². The molecule has 0 heterocycles. The smallest absolute Gasteiger partial charge is 0.277 e. The van der Waals surface area contributed by atoms with Gasteiger partial charge in [-0.1, -0.05) is 27.5 Å². The second-order valence-corrected chi connectivity index (χ2v) is 5.71. The van der Waals surface area contributed by atoms with Gasteiger partial charge in [0.25, 0.3) is 5.91 Å². The predicted molar refractivity (Wildman–Crippen MR) is 93.4 cm³/mol. The van der Waals surface area contributed by atoms with Crippen molar-refractivity contribution in [3.8, 4) is 11.5 Å². The van der Waals surface area contributed by atoms with E-state index in [0.29, 0.717) is 16.5 Å². The second kappa shape index (κ2) is 8.55. The Morgan fingerprint density at radius 3 is 2.65 bits per heavy atom. The first-order valence-corrected chi connectivity index (χ1v) is 7.79. The Bertz CT molecular complexity index is 705. The molecule has 2 aromatic rings. The molecular weight excluding hydrogens is 384 g/mol. The van der Waals surface area contributed by atoms with Crippen LogP contribution < -0.4 is 14.9 Å². The van der Waals surface area contributed by atoms with E-state index < -0.39 is 0 Å². The molecule has 0 bridgehead atoms. The number of halogens is 2. The van der Waals surface area contributed by atoms with Crippen molar-refractivity contribution in [1.29, 1.82) is 0 Å². The molecule has 7 heteroatoms. The second-order valence-electron chi connectivity index (χ2n) is 4.42. The van der Waals surface area contributed by atoms with Crippen LogP contribution in [0.25, 0.3) is 0 Å². The first-order valence-electron chi connectivity index (χ1n) is 6.62. The van der Waals surface area contributed by atoms with Crippen LogP contribution >= 0.6 is 27.5 Å². The maximum atomic E-state index is 11.7. The van der Waals surface area contributed by atoms with E-state index in [1.54, 1.807) is 37.4 Å². The van der Waals surface area contributed by atoms with Crippen LogP contribution in [0.15, 0.2) is 52.0 Å². The van der Waals surface area contributed by atoms with E-state index in [9.17, 15) is 4.79 Å². The van der Waals surface area contributed by atoms with Crippen molar-refractivity contribution in [3.05, 3.63) is 57.5 Å². The van der Waals surface area contributed by atoms with Gasteiger partial charge in [0.2, 0.25) is 0 Å². The van der Waals surface area contributed by atoms with Crippen molar-refractivity contribution in [1.82, 2.24) is 5.43 Å². The largest absolute Gasteiger partial charge is 0.497 e. The number of hydrazone groups is 1. The van der Waals surface area contributed by atoms with Crippen molar-refractivity contribution < 1.29 is 14.3 Å². The predicted octanol–water partition coefficient (Wildman–Crippen LogP) is 3.64. The molecule has 0 unspecified atom stereocenters. The van der Waals surface area contributed by atoms with Crippen LogP contribution in [0.3, 0.4) is 0 Å².